The topological polar surface area (TPSA) is 96.4 Å². The highest BCUT2D eigenvalue weighted by Crippen LogP contribution is 2.21. The molecule has 0 radical (unpaired) electrons. The number of carboxylic acids is 1. The van der Waals surface area contributed by atoms with Crippen LogP contribution in [0.3, 0.4) is 0 Å². The molecule has 0 spiro atoms. The number of nitrogens with one attached hydrogen (secondary N) is 1. The lowest BCUT2D eigenvalue weighted by Crippen LogP contribution is -2.14. The summed E-state index contributed by atoms with van der Waals surface area (Å²) in [5, 5.41) is 12.0. The van der Waals surface area contributed by atoms with Crippen molar-refractivity contribution in [1.29, 1.82) is 0 Å². The van der Waals surface area contributed by atoms with Gasteiger partial charge in [0, 0.05) is 17.7 Å². The highest BCUT2D eigenvalue weighted by atomic mass is 32.2. The van der Waals surface area contributed by atoms with Gasteiger partial charge in [0.2, 0.25) is 0 Å². The summed E-state index contributed by atoms with van der Waals surface area (Å²) in [7, 11) is -3.02. The maximum absolute atomic E-state index is 10.9. The van der Waals surface area contributed by atoms with Gasteiger partial charge in [-0.1, -0.05) is 0 Å². The van der Waals surface area contributed by atoms with E-state index in [1.54, 1.807) is 6.92 Å². The Kier molecular flexibility index (Phi) is 3.87. The Bertz CT molecular complexity index is 492. The van der Waals surface area contributed by atoms with E-state index in [2.05, 4.69) is 10.3 Å². The highest BCUT2D eigenvalue weighted by molar-refractivity contribution is 7.90. The average Bonchev–Trinajstić information content (AvgIpc) is 2.44. The number of thiazole rings is 1. The van der Waals surface area contributed by atoms with Crippen LogP contribution in [0.5, 0.6) is 0 Å². The van der Waals surface area contributed by atoms with E-state index in [0.29, 0.717) is 10.0 Å². The van der Waals surface area contributed by atoms with Crippen LogP contribution in [0.15, 0.2) is 0 Å². The van der Waals surface area contributed by atoms with Crippen LogP contribution in [-0.2, 0) is 9.84 Å². The van der Waals surface area contributed by atoms with Crippen LogP contribution in [0.25, 0.3) is 0 Å². The number of carboxylic acid groups (broad SMARTS) is 1. The number of hydrogen-bond donors (Lipinski definition) is 2. The number of aromatic carboxylic acids is 1. The number of carbonyl (C=O) groups is 1. The Balaban J connectivity index is 2.62. The molecule has 0 aliphatic carbocycles. The third-order valence-corrected chi connectivity index (χ3v) is 3.62. The third kappa shape index (κ3) is 3.78. The van der Waals surface area contributed by atoms with Crippen LogP contribution in [0.2, 0.25) is 0 Å². The molecule has 0 saturated carbocycles. The lowest BCUT2D eigenvalue weighted by molar-refractivity contribution is 0.0690. The zero-order chi connectivity index (χ0) is 12.3. The zero-order valence-corrected chi connectivity index (χ0v) is 10.5. The van der Waals surface area contributed by atoms with Gasteiger partial charge in [-0.25, -0.2) is 18.2 Å². The van der Waals surface area contributed by atoms with E-state index < -0.39 is 15.8 Å². The smallest absolute Gasteiger partial charge is 0.355 e. The standard InChI is InChI=1S/C8H12N2O4S2/c1-5-6(7(11)12)10-8(15-5)9-3-4-16(2,13)14/h3-4H2,1-2H3,(H,9,10)(H,11,12). The molecular formula is C8H12N2O4S2. The summed E-state index contributed by atoms with van der Waals surface area (Å²) in [6, 6.07) is 0. The maximum Gasteiger partial charge on any atom is 0.355 e. The molecule has 1 aromatic rings. The first-order chi connectivity index (χ1) is 7.29. The Morgan fingerprint density at radius 2 is 2.19 bits per heavy atom. The van der Waals surface area contributed by atoms with Crippen molar-refractivity contribution >= 4 is 32.3 Å². The normalized spacial score (nSPS) is 11.4. The quantitative estimate of drug-likeness (QED) is 0.808. The summed E-state index contributed by atoms with van der Waals surface area (Å²) in [6.45, 7) is 1.88. The Hall–Kier alpha value is -1.15. The molecule has 0 aliphatic rings. The molecule has 0 saturated heterocycles. The van der Waals surface area contributed by atoms with Crippen molar-refractivity contribution in [1.82, 2.24) is 4.98 Å². The number of aryl methyl sites for hydroxylation is 1. The van der Waals surface area contributed by atoms with Gasteiger partial charge < -0.3 is 10.4 Å². The lowest BCUT2D eigenvalue weighted by Gasteiger charge is -1.99. The van der Waals surface area contributed by atoms with E-state index >= 15 is 0 Å². The molecule has 1 aromatic heterocycles. The van der Waals surface area contributed by atoms with Gasteiger partial charge in [-0.3, -0.25) is 0 Å². The molecule has 0 fully saturated rings. The maximum atomic E-state index is 10.9. The summed E-state index contributed by atoms with van der Waals surface area (Å²) < 4.78 is 21.7. The zero-order valence-electron chi connectivity index (χ0n) is 8.85. The van der Waals surface area contributed by atoms with Crippen molar-refractivity contribution in [3.8, 4) is 0 Å². The molecule has 0 aromatic carbocycles. The number of rotatable bonds is 5. The van der Waals surface area contributed by atoms with Crippen molar-refractivity contribution < 1.29 is 18.3 Å². The number of sulfone groups is 1. The second kappa shape index (κ2) is 4.79. The molecule has 0 unspecified atom stereocenters. The van der Waals surface area contributed by atoms with Gasteiger partial charge in [-0.2, -0.15) is 0 Å². The summed E-state index contributed by atoms with van der Waals surface area (Å²) in [4.78, 5) is 15.1. The van der Waals surface area contributed by atoms with Crippen molar-refractivity contribution in [2.45, 2.75) is 6.92 Å². The van der Waals surface area contributed by atoms with Crippen LogP contribution < -0.4 is 5.32 Å². The van der Waals surface area contributed by atoms with E-state index in [-0.39, 0.29) is 18.0 Å². The predicted octanol–water partition coefficient (Wildman–Crippen LogP) is 0.606. The molecule has 0 amide bonds. The molecule has 2 N–H and O–H groups in total. The van der Waals surface area contributed by atoms with Gasteiger partial charge in [0.25, 0.3) is 0 Å². The molecular weight excluding hydrogens is 252 g/mol. The van der Waals surface area contributed by atoms with Gasteiger partial charge in [-0.15, -0.1) is 11.3 Å². The van der Waals surface area contributed by atoms with Crippen molar-refractivity contribution in [3.63, 3.8) is 0 Å². The fourth-order valence-electron chi connectivity index (χ4n) is 1.01. The molecule has 16 heavy (non-hydrogen) atoms. The molecule has 0 bridgehead atoms. The predicted molar refractivity (Wildman–Crippen MR) is 62.0 cm³/mol. The van der Waals surface area contributed by atoms with Crippen LogP contribution in [-0.4, -0.2) is 43.0 Å². The van der Waals surface area contributed by atoms with Gasteiger partial charge >= 0.3 is 5.97 Å². The second-order valence-corrected chi connectivity index (χ2v) is 6.75. The van der Waals surface area contributed by atoms with Gasteiger partial charge in [0.1, 0.15) is 9.84 Å². The van der Waals surface area contributed by atoms with Crippen molar-refractivity contribution in [2.75, 3.05) is 23.9 Å². The van der Waals surface area contributed by atoms with E-state index in [1.165, 1.54) is 11.3 Å². The van der Waals surface area contributed by atoms with Gasteiger partial charge in [-0.05, 0) is 6.92 Å². The van der Waals surface area contributed by atoms with Crippen LogP contribution in [0.1, 0.15) is 15.4 Å². The largest absolute Gasteiger partial charge is 0.476 e. The first-order valence-electron chi connectivity index (χ1n) is 4.42. The summed E-state index contributed by atoms with van der Waals surface area (Å²) >= 11 is 1.20. The molecule has 0 aliphatic heterocycles. The minimum Gasteiger partial charge on any atom is -0.476 e. The van der Waals surface area contributed by atoms with Gasteiger partial charge in [0.05, 0.1) is 5.75 Å². The number of aromatic nitrogens is 1. The van der Waals surface area contributed by atoms with Crippen molar-refractivity contribution in [2.24, 2.45) is 0 Å². The Morgan fingerprint density at radius 3 is 2.62 bits per heavy atom. The second-order valence-electron chi connectivity index (χ2n) is 3.29. The highest BCUT2D eigenvalue weighted by Gasteiger charge is 2.13. The Labute approximate surface area is 97.2 Å². The summed E-state index contributed by atoms with van der Waals surface area (Å²) in [6.07, 6.45) is 1.14. The SMILES string of the molecule is Cc1sc(NCCS(C)(=O)=O)nc1C(=O)O. The number of anilines is 1. The monoisotopic (exact) mass is 264 g/mol. The van der Waals surface area contributed by atoms with E-state index in [4.69, 9.17) is 5.11 Å². The molecule has 8 heteroatoms. The molecule has 0 atom stereocenters. The summed E-state index contributed by atoms with van der Waals surface area (Å²) in [5.41, 5.74) is 0.00635. The van der Waals surface area contributed by atoms with E-state index in [9.17, 15) is 13.2 Å². The molecule has 90 valence electrons. The molecule has 6 nitrogen and oxygen atoms in total. The number of nitrogens with zero attached hydrogens (tertiary/aromatic N) is 1. The lowest BCUT2D eigenvalue weighted by atomic mass is 10.4. The van der Waals surface area contributed by atoms with E-state index in [0.717, 1.165) is 6.26 Å². The minimum absolute atomic E-state index is 0.00592. The third-order valence-electron chi connectivity index (χ3n) is 1.75. The van der Waals surface area contributed by atoms with Crippen LogP contribution in [0.4, 0.5) is 5.13 Å². The fraction of sp³-hybridized carbons (Fsp3) is 0.500. The first kappa shape index (κ1) is 12.9. The Morgan fingerprint density at radius 1 is 1.56 bits per heavy atom. The van der Waals surface area contributed by atoms with Crippen molar-refractivity contribution in [3.05, 3.63) is 10.6 Å². The van der Waals surface area contributed by atoms with Crippen LogP contribution in [0, 0.1) is 6.92 Å². The average molecular weight is 264 g/mol. The molecule has 1 rings (SSSR count). The molecule has 1 heterocycles. The van der Waals surface area contributed by atoms with E-state index in [1.807, 2.05) is 0 Å². The summed E-state index contributed by atoms with van der Waals surface area (Å²) in [5.74, 6) is -1.08. The fourth-order valence-corrected chi connectivity index (χ4v) is 2.32. The first-order valence-corrected chi connectivity index (χ1v) is 7.29. The number of hydrogen-bond acceptors (Lipinski definition) is 6. The van der Waals surface area contributed by atoms with Gasteiger partial charge in [0.15, 0.2) is 10.8 Å². The van der Waals surface area contributed by atoms with Crippen LogP contribution >= 0.6 is 11.3 Å². The minimum atomic E-state index is -3.02.